The van der Waals surface area contributed by atoms with E-state index in [1.54, 1.807) is 19.2 Å². The van der Waals surface area contributed by atoms with Crippen LogP contribution in [0, 0.1) is 12.7 Å². The van der Waals surface area contributed by atoms with E-state index in [0.717, 1.165) is 28.5 Å². The van der Waals surface area contributed by atoms with Crippen LogP contribution in [0.4, 0.5) is 4.39 Å². The standard InChI is InChI=1S/C21H25FN6O/c1-15-26-27-20(28(15)2)14-25-21(23-12-16-4-8-18(22)9-5-16)24-13-17-6-10-19(29-3)11-7-17/h4-11H,12-14H2,1-3H3,(H2,23,24,25). The number of aryl methyl sites for hydroxylation is 1. The summed E-state index contributed by atoms with van der Waals surface area (Å²) in [6.45, 7) is 3.41. The maximum atomic E-state index is 13.1. The first-order chi connectivity index (χ1) is 14.0. The Kier molecular flexibility index (Phi) is 6.78. The lowest BCUT2D eigenvalue weighted by Gasteiger charge is -2.13. The van der Waals surface area contributed by atoms with Gasteiger partial charge in [0.25, 0.3) is 0 Å². The third-order valence-electron chi connectivity index (χ3n) is 4.55. The van der Waals surface area contributed by atoms with E-state index in [9.17, 15) is 4.39 Å². The number of halogens is 1. The van der Waals surface area contributed by atoms with Crippen LogP contribution in [0.2, 0.25) is 0 Å². The molecule has 2 N–H and O–H groups in total. The summed E-state index contributed by atoms with van der Waals surface area (Å²) in [6.07, 6.45) is 0. The Hall–Kier alpha value is -3.42. The summed E-state index contributed by atoms with van der Waals surface area (Å²) in [4.78, 5) is 4.66. The Bertz CT molecular complexity index is 950. The van der Waals surface area contributed by atoms with Crippen LogP contribution in [-0.2, 0) is 26.7 Å². The number of guanidine groups is 1. The fourth-order valence-electron chi connectivity index (χ4n) is 2.63. The Morgan fingerprint density at radius 2 is 1.66 bits per heavy atom. The second kappa shape index (κ2) is 9.68. The normalized spacial score (nSPS) is 11.4. The average molecular weight is 396 g/mol. The summed E-state index contributed by atoms with van der Waals surface area (Å²) in [6, 6.07) is 14.2. The molecule has 3 rings (SSSR count). The number of ether oxygens (including phenoxy) is 1. The number of rotatable bonds is 7. The van der Waals surface area contributed by atoms with Gasteiger partial charge in [0.15, 0.2) is 11.8 Å². The van der Waals surface area contributed by atoms with Gasteiger partial charge in [0.1, 0.15) is 17.4 Å². The minimum absolute atomic E-state index is 0.252. The zero-order valence-corrected chi connectivity index (χ0v) is 16.8. The fourth-order valence-corrected chi connectivity index (χ4v) is 2.63. The molecule has 0 fully saturated rings. The third kappa shape index (κ3) is 5.78. The molecule has 7 nitrogen and oxygen atoms in total. The van der Waals surface area contributed by atoms with Crippen molar-refractivity contribution < 1.29 is 9.13 Å². The molecule has 0 atom stereocenters. The minimum atomic E-state index is -0.252. The molecule has 0 aliphatic rings. The van der Waals surface area contributed by atoms with Gasteiger partial charge in [-0.3, -0.25) is 0 Å². The van der Waals surface area contributed by atoms with Gasteiger partial charge in [-0.1, -0.05) is 24.3 Å². The van der Waals surface area contributed by atoms with Crippen molar-refractivity contribution in [1.82, 2.24) is 25.4 Å². The highest BCUT2D eigenvalue weighted by atomic mass is 19.1. The summed E-state index contributed by atoms with van der Waals surface area (Å²) >= 11 is 0. The van der Waals surface area contributed by atoms with Crippen molar-refractivity contribution in [2.45, 2.75) is 26.6 Å². The smallest absolute Gasteiger partial charge is 0.192 e. The highest BCUT2D eigenvalue weighted by Gasteiger charge is 2.07. The second-order valence-electron chi connectivity index (χ2n) is 6.57. The predicted molar refractivity (Wildman–Crippen MR) is 110 cm³/mol. The van der Waals surface area contributed by atoms with Gasteiger partial charge in [-0.25, -0.2) is 9.38 Å². The number of nitrogens with one attached hydrogen (secondary N) is 2. The van der Waals surface area contributed by atoms with Gasteiger partial charge in [0, 0.05) is 13.6 Å². The maximum Gasteiger partial charge on any atom is 0.192 e. The SMILES string of the molecule is COc1ccc(CN=C(NCc2ccc(F)cc2)NCc2nnc(C)n2C)cc1. The number of hydrogen-bond donors (Lipinski definition) is 2. The number of benzene rings is 2. The van der Waals surface area contributed by atoms with Crippen LogP contribution in [0.1, 0.15) is 22.8 Å². The van der Waals surface area contributed by atoms with Crippen molar-refractivity contribution in [3.63, 3.8) is 0 Å². The van der Waals surface area contributed by atoms with Crippen LogP contribution in [0.15, 0.2) is 53.5 Å². The second-order valence-corrected chi connectivity index (χ2v) is 6.57. The molecule has 0 amide bonds. The lowest BCUT2D eigenvalue weighted by atomic mass is 10.2. The van der Waals surface area contributed by atoms with Gasteiger partial charge < -0.3 is 19.9 Å². The van der Waals surface area contributed by atoms with Crippen LogP contribution in [-0.4, -0.2) is 27.8 Å². The zero-order valence-electron chi connectivity index (χ0n) is 16.8. The molecule has 0 aliphatic carbocycles. The van der Waals surface area contributed by atoms with Gasteiger partial charge in [0.2, 0.25) is 0 Å². The fraction of sp³-hybridized carbons (Fsp3) is 0.286. The van der Waals surface area contributed by atoms with Gasteiger partial charge in [-0.2, -0.15) is 0 Å². The average Bonchev–Trinajstić information content (AvgIpc) is 3.07. The van der Waals surface area contributed by atoms with Crippen LogP contribution < -0.4 is 15.4 Å². The van der Waals surface area contributed by atoms with Crippen molar-refractivity contribution in [3.8, 4) is 5.75 Å². The van der Waals surface area contributed by atoms with Crippen molar-refractivity contribution in [2.24, 2.45) is 12.0 Å². The molecular formula is C21H25FN6O. The molecule has 3 aromatic rings. The summed E-state index contributed by atoms with van der Waals surface area (Å²) < 4.78 is 20.2. The highest BCUT2D eigenvalue weighted by molar-refractivity contribution is 5.79. The molecule has 0 spiro atoms. The minimum Gasteiger partial charge on any atom is -0.497 e. The van der Waals surface area contributed by atoms with E-state index in [-0.39, 0.29) is 5.82 Å². The number of nitrogens with zero attached hydrogens (tertiary/aromatic N) is 4. The first-order valence-corrected chi connectivity index (χ1v) is 9.29. The Morgan fingerprint density at radius 3 is 2.28 bits per heavy atom. The highest BCUT2D eigenvalue weighted by Crippen LogP contribution is 2.12. The molecule has 0 saturated carbocycles. The molecule has 0 saturated heterocycles. The van der Waals surface area contributed by atoms with E-state index < -0.39 is 0 Å². The Morgan fingerprint density at radius 1 is 1.00 bits per heavy atom. The van der Waals surface area contributed by atoms with Gasteiger partial charge in [-0.15, -0.1) is 10.2 Å². The summed E-state index contributed by atoms with van der Waals surface area (Å²) in [5, 5.41) is 14.8. The molecule has 1 heterocycles. The van der Waals surface area contributed by atoms with Crippen molar-refractivity contribution in [1.29, 1.82) is 0 Å². The van der Waals surface area contributed by atoms with E-state index in [4.69, 9.17) is 4.74 Å². The third-order valence-corrected chi connectivity index (χ3v) is 4.55. The molecule has 2 aromatic carbocycles. The largest absolute Gasteiger partial charge is 0.497 e. The number of aromatic nitrogens is 3. The van der Waals surface area contributed by atoms with Crippen LogP contribution in [0.25, 0.3) is 0 Å². The quantitative estimate of drug-likeness (QED) is 0.474. The molecule has 0 unspecified atom stereocenters. The summed E-state index contributed by atoms with van der Waals surface area (Å²) in [5.41, 5.74) is 2.02. The molecule has 0 radical (unpaired) electrons. The van der Waals surface area contributed by atoms with Gasteiger partial charge in [-0.05, 0) is 42.3 Å². The maximum absolute atomic E-state index is 13.1. The summed E-state index contributed by atoms with van der Waals surface area (Å²) in [5.74, 6) is 2.84. The number of aliphatic imine (C=N–C) groups is 1. The first-order valence-electron chi connectivity index (χ1n) is 9.29. The molecule has 152 valence electrons. The molecular weight excluding hydrogens is 371 g/mol. The van der Waals surface area contributed by atoms with Crippen LogP contribution in [0.3, 0.4) is 0 Å². The van der Waals surface area contributed by atoms with Gasteiger partial charge in [0.05, 0.1) is 20.2 Å². The molecule has 29 heavy (non-hydrogen) atoms. The van der Waals surface area contributed by atoms with E-state index in [1.165, 1.54) is 12.1 Å². The van der Waals surface area contributed by atoms with E-state index >= 15 is 0 Å². The van der Waals surface area contributed by atoms with E-state index in [2.05, 4.69) is 25.8 Å². The van der Waals surface area contributed by atoms with Crippen LogP contribution in [0.5, 0.6) is 5.75 Å². The summed E-state index contributed by atoms with van der Waals surface area (Å²) in [7, 11) is 3.56. The van der Waals surface area contributed by atoms with Crippen molar-refractivity contribution in [3.05, 3.63) is 77.1 Å². The van der Waals surface area contributed by atoms with Crippen molar-refractivity contribution in [2.75, 3.05) is 7.11 Å². The molecule has 0 aliphatic heterocycles. The predicted octanol–water partition coefficient (Wildman–Crippen LogP) is 2.71. The number of hydrogen-bond acceptors (Lipinski definition) is 4. The number of methoxy groups -OCH3 is 1. The van der Waals surface area contributed by atoms with Crippen LogP contribution >= 0.6 is 0 Å². The van der Waals surface area contributed by atoms with E-state index in [0.29, 0.717) is 25.6 Å². The van der Waals surface area contributed by atoms with Gasteiger partial charge >= 0.3 is 0 Å². The first kappa shape index (κ1) is 20.3. The monoisotopic (exact) mass is 396 g/mol. The van der Waals surface area contributed by atoms with E-state index in [1.807, 2.05) is 42.8 Å². The lowest BCUT2D eigenvalue weighted by Crippen LogP contribution is -2.37. The zero-order chi connectivity index (χ0) is 20.6. The topological polar surface area (TPSA) is 76.4 Å². The lowest BCUT2D eigenvalue weighted by molar-refractivity contribution is 0.414. The Labute approximate surface area is 169 Å². The molecule has 0 bridgehead atoms. The van der Waals surface area contributed by atoms with Crippen molar-refractivity contribution >= 4 is 5.96 Å². The molecule has 1 aromatic heterocycles. The molecule has 8 heteroatoms. The Balaban J connectivity index is 1.68.